The molecule has 0 saturated carbocycles. The lowest BCUT2D eigenvalue weighted by atomic mass is 10.2. The third-order valence-corrected chi connectivity index (χ3v) is 5.52. The van der Waals surface area contributed by atoms with Gasteiger partial charge in [0.05, 0.1) is 12.0 Å². The summed E-state index contributed by atoms with van der Waals surface area (Å²) >= 11 is 0. The number of hydrogen-bond acceptors (Lipinski definition) is 5. The van der Waals surface area contributed by atoms with Crippen LogP contribution >= 0.6 is 0 Å². The van der Waals surface area contributed by atoms with E-state index in [9.17, 15) is 13.2 Å². The van der Waals surface area contributed by atoms with Crippen LogP contribution in [0.25, 0.3) is 0 Å². The average Bonchev–Trinajstić information content (AvgIpc) is 2.72. The van der Waals surface area contributed by atoms with Gasteiger partial charge in [0.2, 0.25) is 0 Å². The van der Waals surface area contributed by atoms with Gasteiger partial charge >= 0.3 is 0 Å². The smallest absolute Gasteiger partial charge is 0.262 e. The molecule has 7 nitrogen and oxygen atoms in total. The fourth-order valence-corrected chi connectivity index (χ4v) is 3.73. The number of rotatable bonds is 8. The predicted molar refractivity (Wildman–Crippen MR) is 116 cm³/mol. The molecule has 3 aromatic carbocycles. The van der Waals surface area contributed by atoms with Crippen molar-refractivity contribution in [3.63, 3.8) is 0 Å². The number of amides is 1. The number of benzene rings is 3. The predicted octanol–water partition coefficient (Wildman–Crippen LogP) is 3.82. The van der Waals surface area contributed by atoms with Crippen LogP contribution in [0.4, 0.5) is 11.4 Å². The quantitative estimate of drug-likeness (QED) is 0.571. The standard InChI is InChI=1S/C22H22N2O5S/c1-16-5-3-7-18(13-16)24-30(26,27)21-11-9-19(10-12-21)29-15-22(25)23-17-6-4-8-20(14-17)28-2/h3-14,24H,15H2,1-2H3,(H,23,25). The molecule has 0 atom stereocenters. The normalized spacial score (nSPS) is 10.9. The number of sulfonamides is 1. The van der Waals surface area contributed by atoms with Crippen LogP contribution in [0.15, 0.2) is 77.7 Å². The summed E-state index contributed by atoms with van der Waals surface area (Å²) in [7, 11) is -2.18. The van der Waals surface area contributed by atoms with Crippen molar-refractivity contribution in [1.29, 1.82) is 0 Å². The molecule has 0 heterocycles. The van der Waals surface area contributed by atoms with Crippen molar-refractivity contribution in [3.05, 3.63) is 78.4 Å². The zero-order valence-electron chi connectivity index (χ0n) is 16.6. The van der Waals surface area contributed by atoms with E-state index in [1.807, 2.05) is 13.0 Å². The summed E-state index contributed by atoms with van der Waals surface area (Å²) in [5.74, 6) is 0.663. The summed E-state index contributed by atoms with van der Waals surface area (Å²) < 4.78 is 38.1. The van der Waals surface area contributed by atoms with Gasteiger partial charge in [-0.05, 0) is 61.0 Å². The zero-order valence-corrected chi connectivity index (χ0v) is 17.4. The number of nitrogens with one attached hydrogen (secondary N) is 2. The van der Waals surface area contributed by atoms with Crippen LogP contribution in [0.2, 0.25) is 0 Å². The summed E-state index contributed by atoms with van der Waals surface area (Å²) in [6, 6.07) is 19.9. The molecule has 0 spiro atoms. The van der Waals surface area contributed by atoms with E-state index in [2.05, 4.69) is 10.0 Å². The van der Waals surface area contributed by atoms with Crippen LogP contribution in [0.3, 0.4) is 0 Å². The molecule has 0 aliphatic rings. The third-order valence-electron chi connectivity index (χ3n) is 4.13. The summed E-state index contributed by atoms with van der Waals surface area (Å²) in [5.41, 5.74) is 2.03. The molecule has 0 radical (unpaired) electrons. The van der Waals surface area contributed by atoms with Gasteiger partial charge in [-0.1, -0.05) is 18.2 Å². The molecule has 0 fully saturated rings. The van der Waals surface area contributed by atoms with Crippen molar-refractivity contribution < 1.29 is 22.7 Å². The summed E-state index contributed by atoms with van der Waals surface area (Å²) in [6.07, 6.45) is 0. The van der Waals surface area contributed by atoms with Gasteiger partial charge in [-0.2, -0.15) is 0 Å². The van der Waals surface area contributed by atoms with Crippen molar-refractivity contribution in [1.82, 2.24) is 0 Å². The largest absolute Gasteiger partial charge is 0.497 e. The maximum atomic E-state index is 12.5. The van der Waals surface area contributed by atoms with Crippen molar-refractivity contribution in [3.8, 4) is 11.5 Å². The Morgan fingerprint density at radius 2 is 1.60 bits per heavy atom. The lowest BCUT2D eigenvalue weighted by Crippen LogP contribution is -2.20. The van der Waals surface area contributed by atoms with E-state index in [1.165, 1.54) is 24.3 Å². The number of hydrogen-bond donors (Lipinski definition) is 2. The Balaban J connectivity index is 1.58. The molecule has 0 aromatic heterocycles. The van der Waals surface area contributed by atoms with Crippen LogP contribution in [0.5, 0.6) is 11.5 Å². The van der Waals surface area contributed by atoms with Gasteiger partial charge in [0.15, 0.2) is 6.61 Å². The topological polar surface area (TPSA) is 93.7 Å². The van der Waals surface area contributed by atoms with E-state index < -0.39 is 10.0 Å². The van der Waals surface area contributed by atoms with Crippen LogP contribution in [-0.4, -0.2) is 28.0 Å². The van der Waals surface area contributed by atoms with E-state index in [4.69, 9.17) is 9.47 Å². The Morgan fingerprint density at radius 1 is 0.900 bits per heavy atom. The van der Waals surface area contributed by atoms with E-state index in [1.54, 1.807) is 49.6 Å². The second-order valence-electron chi connectivity index (χ2n) is 6.52. The number of carbonyl (C=O) groups is 1. The van der Waals surface area contributed by atoms with E-state index in [0.29, 0.717) is 22.9 Å². The van der Waals surface area contributed by atoms with Gasteiger partial charge in [0, 0.05) is 17.4 Å². The molecule has 3 rings (SSSR count). The minimum atomic E-state index is -3.72. The van der Waals surface area contributed by atoms with Crippen LogP contribution in [0, 0.1) is 6.92 Å². The second kappa shape index (κ2) is 9.32. The van der Waals surface area contributed by atoms with Gasteiger partial charge in [-0.15, -0.1) is 0 Å². The van der Waals surface area contributed by atoms with Gasteiger partial charge in [-0.25, -0.2) is 8.42 Å². The van der Waals surface area contributed by atoms with E-state index in [0.717, 1.165) is 5.56 Å². The maximum Gasteiger partial charge on any atom is 0.262 e. The van der Waals surface area contributed by atoms with Crippen LogP contribution in [-0.2, 0) is 14.8 Å². The molecule has 0 bridgehead atoms. The highest BCUT2D eigenvalue weighted by molar-refractivity contribution is 7.92. The Bertz CT molecular complexity index is 1130. The first-order valence-corrected chi connectivity index (χ1v) is 10.6. The lowest BCUT2D eigenvalue weighted by Gasteiger charge is -2.11. The van der Waals surface area contributed by atoms with Crippen LogP contribution < -0.4 is 19.5 Å². The molecule has 1 amide bonds. The number of carbonyl (C=O) groups excluding carboxylic acids is 1. The SMILES string of the molecule is COc1cccc(NC(=O)COc2ccc(S(=O)(=O)Nc3cccc(C)c3)cc2)c1. The summed E-state index contributed by atoms with van der Waals surface area (Å²) in [6.45, 7) is 1.67. The molecule has 0 unspecified atom stereocenters. The Hall–Kier alpha value is -3.52. The first-order valence-electron chi connectivity index (χ1n) is 9.12. The third kappa shape index (κ3) is 5.74. The number of aryl methyl sites for hydroxylation is 1. The number of ether oxygens (including phenoxy) is 2. The van der Waals surface area contributed by atoms with Gasteiger partial charge < -0.3 is 14.8 Å². The Kier molecular flexibility index (Phi) is 6.58. The second-order valence-corrected chi connectivity index (χ2v) is 8.20. The summed E-state index contributed by atoms with van der Waals surface area (Å²) in [5, 5.41) is 2.70. The molecular formula is C22H22N2O5S. The van der Waals surface area contributed by atoms with Crippen molar-refractivity contribution >= 4 is 27.3 Å². The Morgan fingerprint density at radius 3 is 2.30 bits per heavy atom. The van der Waals surface area contributed by atoms with Crippen molar-refractivity contribution in [2.24, 2.45) is 0 Å². The first kappa shape index (κ1) is 21.2. The van der Waals surface area contributed by atoms with Crippen molar-refractivity contribution in [2.75, 3.05) is 23.8 Å². The highest BCUT2D eigenvalue weighted by atomic mass is 32.2. The van der Waals surface area contributed by atoms with Gasteiger partial charge in [0.1, 0.15) is 11.5 Å². The highest BCUT2D eigenvalue weighted by Gasteiger charge is 2.14. The minimum absolute atomic E-state index is 0.0946. The highest BCUT2D eigenvalue weighted by Crippen LogP contribution is 2.20. The molecule has 156 valence electrons. The number of anilines is 2. The fraction of sp³-hybridized carbons (Fsp3) is 0.136. The van der Waals surface area contributed by atoms with E-state index in [-0.39, 0.29) is 17.4 Å². The molecule has 30 heavy (non-hydrogen) atoms. The monoisotopic (exact) mass is 426 g/mol. The lowest BCUT2D eigenvalue weighted by molar-refractivity contribution is -0.118. The molecule has 3 aromatic rings. The molecule has 0 aliphatic carbocycles. The van der Waals surface area contributed by atoms with E-state index >= 15 is 0 Å². The van der Waals surface area contributed by atoms with Crippen molar-refractivity contribution in [2.45, 2.75) is 11.8 Å². The van der Waals surface area contributed by atoms with Gasteiger partial charge in [-0.3, -0.25) is 9.52 Å². The Labute approximate surface area is 175 Å². The molecule has 8 heteroatoms. The maximum absolute atomic E-state index is 12.5. The molecule has 0 saturated heterocycles. The molecular weight excluding hydrogens is 404 g/mol. The minimum Gasteiger partial charge on any atom is -0.497 e. The summed E-state index contributed by atoms with van der Waals surface area (Å²) in [4.78, 5) is 12.2. The number of methoxy groups -OCH3 is 1. The molecule has 0 aliphatic heterocycles. The first-order chi connectivity index (χ1) is 14.4. The van der Waals surface area contributed by atoms with Gasteiger partial charge in [0.25, 0.3) is 15.9 Å². The zero-order chi connectivity index (χ0) is 21.6. The molecule has 2 N–H and O–H groups in total. The van der Waals surface area contributed by atoms with Crippen LogP contribution in [0.1, 0.15) is 5.56 Å². The fourth-order valence-electron chi connectivity index (χ4n) is 2.68. The average molecular weight is 426 g/mol.